The van der Waals surface area contributed by atoms with Gasteiger partial charge in [-0.1, -0.05) is 18.2 Å². The van der Waals surface area contributed by atoms with Crippen LogP contribution in [0.25, 0.3) is 0 Å². The molecule has 3 aromatic rings. The first-order valence-corrected chi connectivity index (χ1v) is 12.4. The highest BCUT2D eigenvalue weighted by atomic mass is 32.2. The average molecular weight is 444 g/mol. The van der Waals surface area contributed by atoms with E-state index in [0.29, 0.717) is 12.3 Å². The monoisotopic (exact) mass is 443 g/mol. The molecule has 1 aromatic heterocycles. The fraction of sp³-hybridized carbons (Fsp3) is 0.318. The van der Waals surface area contributed by atoms with E-state index in [1.165, 1.54) is 0 Å². The highest BCUT2D eigenvalue weighted by Crippen LogP contribution is 2.27. The van der Waals surface area contributed by atoms with Gasteiger partial charge in [0.2, 0.25) is 10.0 Å². The van der Waals surface area contributed by atoms with E-state index >= 15 is 0 Å². The fourth-order valence-electron chi connectivity index (χ4n) is 3.57. The maximum atomic E-state index is 12.7. The molecule has 4 rings (SSSR count). The van der Waals surface area contributed by atoms with Crippen molar-refractivity contribution in [3.05, 3.63) is 65.7 Å². The molecular weight excluding hydrogens is 418 g/mol. The summed E-state index contributed by atoms with van der Waals surface area (Å²) < 4.78 is 34.1. The second-order valence-electron chi connectivity index (χ2n) is 7.46. The van der Waals surface area contributed by atoms with Crippen molar-refractivity contribution in [2.45, 2.75) is 24.7 Å². The Hall–Kier alpha value is -2.42. The van der Waals surface area contributed by atoms with Crippen LogP contribution in [0.4, 0.5) is 5.13 Å². The van der Waals surface area contributed by atoms with Crippen molar-refractivity contribution in [1.29, 1.82) is 0 Å². The normalized spacial score (nSPS) is 17.1. The van der Waals surface area contributed by atoms with Gasteiger partial charge in [0.05, 0.1) is 4.90 Å². The van der Waals surface area contributed by atoms with Crippen LogP contribution in [0.2, 0.25) is 0 Å². The Balaban J connectivity index is 1.36. The summed E-state index contributed by atoms with van der Waals surface area (Å²) in [6.45, 7) is 4.18. The van der Waals surface area contributed by atoms with Gasteiger partial charge in [-0.2, -0.15) is 0 Å². The summed E-state index contributed by atoms with van der Waals surface area (Å²) in [6.07, 6.45) is 3.85. The molecule has 0 amide bonds. The van der Waals surface area contributed by atoms with E-state index in [9.17, 15) is 8.42 Å². The smallest absolute Gasteiger partial charge is 0.240 e. The van der Waals surface area contributed by atoms with Gasteiger partial charge in [-0.15, -0.1) is 11.3 Å². The van der Waals surface area contributed by atoms with Gasteiger partial charge in [0.25, 0.3) is 0 Å². The molecule has 0 bridgehead atoms. The molecule has 1 unspecified atom stereocenters. The Kier molecular flexibility index (Phi) is 6.36. The quantitative estimate of drug-likeness (QED) is 0.585. The summed E-state index contributed by atoms with van der Waals surface area (Å²) in [5.74, 6) is 1.63. The molecule has 1 aliphatic rings. The SMILES string of the molecule is Cc1ccccc1Oc1ccc(S(=O)(=O)NCC2CCCN(c3nccs3)C2)cc1. The maximum Gasteiger partial charge on any atom is 0.240 e. The number of nitrogens with one attached hydrogen (secondary N) is 1. The minimum Gasteiger partial charge on any atom is -0.457 e. The number of anilines is 1. The molecule has 1 fully saturated rings. The van der Waals surface area contributed by atoms with Gasteiger partial charge >= 0.3 is 0 Å². The van der Waals surface area contributed by atoms with E-state index in [-0.39, 0.29) is 10.8 Å². The highest BCUT2D eigenvalue weighted by Gasteiger charge is 2.23. The molecule has 1 N–H and O–H groups in total. The molecule has 1 saturated heterocycles. The summed E-state index contributed by atoms with van der Waals surface area (Å²) in [4.78, 5) is 6.85. The molecule has 6 nitrogen and oxygen atoms in total. The van der Waals surface area contributed by atoms with Crippen LogP contribution in [0.15, 0.2) is 65.0 Å². The predicted octanol–water partition coefficient (Wildman–Crippen LogP) is 4.44. The van der Waals surface area contributed by atoms with Gasteiger partial charge in [0.1, 0.15) is 11.5 Å². The molecule has 2 aromatic carbocycles. The average Bonchev–Trinajstić information content (AvgIpc) is 3.30. The largest absolute Gasteiger partial charge is 0.457 e. The van der Waals surface area contributed by atoms with Crippen molar-refractivity contribution >= 4 is 26.5 Å². The van der Waals surface area contributed by atoms with E-state index in [2.05, 4.69) is 14.6 Å². The van der Waals surface area contributed by atoms with Crippen LogP contribution in [0.1, 0.15) is 18.4 Å². The van der Waals surface area contributed by atoms with E-state index < -0.39 is 10.0 Å². The molecule has 1 aliphatic heterocycles. The van der Waals surface area contributed by atoms with Gasteiger partial charge in [0.15, 0.2) is 5.13 Å². The van der Waals surface area contributed by atoms with Crippen LogP contribution in [0, 0.1) is 12.8 Å². The van der Waals surface area contributed by atoms with Gasteiger partial charge in [-0.05, 0) is 61.6 Å². The lowest BCUT2D eigenvalue weighted by Crippen LogP contribution is -2.40. The first kappa shape index (κ1) is 20.8. The molecule has 158 valence electrons. The van der Waals surface area contributed by atoms with Gasteiger partial charge in [0, 0.05) is 31.2 Å². The van der Waals surface area contributed by atoms with Gasteiger partial charge < -0.3 is 9.64 Å². The zero-order valence-corrected chi connectivity index (χ0v) is 18.5. The number of piperidine rings is 1. The Morgan fingerprint density at radius 2 is 2.00 bits per heavy atom. The summed E-state index contributed by atoms with van der Waals surface area (Å²) in [5.41, 5.74) is 1.02. The number of rotatable bonds is 7. The Morgan fingerprint density at radius 1 is 1.20 bits per heavy atom. The molecule has 8 heteroatoms. The van der Waals surface area contributed by atoms with Crippen molar-refractivity contribution in [3.8, 4) is 11.5 Å². The van der Waals surface area contributed by atoms with Crippen molar-refractivity contribution < 1.29 is 13.2 Å². The zero-order valence-electron chi connectivity index (χ0n) is 16.8. The molecule has 1 atom stereocenters. The summed E-state index contributed by atoms with van der Waals surface area (Å²) in [7, 11) is -3.57. The van der Waals surface area contributed by atoms with E-state index in [1.807, 2.05) is 36.6 Å². The standard InChI is InChI=1S/C22H25N3O3S2/c1-17-5-2-3-7-21(17)28-19-8-10-20(11-9-19)30(26,27)24-15-18-6-4-13-25(16-18)22-23-12-14-29-22/h2-3,5,7-12,14,18,24H,4,6,13,15-16H2,1H3. The Bertz CT molecular complexity index is 1070. The minimum absolute atomic E-state index is 0.243. The lowest BCUT2D eigenvalue weighted by atomic mass is 9.99. The van der Waals surface area contributed by atoms with E-state index in [4.69, 9.17) is 4.74 Å². The summed E-state index contributed by atoms with van der Waals surface area (Å²) in [6, 6.07) is 14.3. The first-order chi connectivity index (χ1) is 14.5. The lowest BCUT2D eigenvalue weighted by molar-refractivity contribution is 0.410. The van der Waals surface area contributed by atoms with E-state index in [1.54, 1.807) is 41.8 Å². The van der Waals surface area contributed by atoms with Crippen molar-refractivity contribution in [2.75, 3.05) is 24.5 Å². The van der Waals surface area contributed by atoms with Crippen molar-refractivity contribution in [2.24, 2.45) is 5.92 Å². The Labute approximate surface area is 181 Å². The van der Waals surface area contributed by atoms with Crippen LogP contribution < -0.4 is 14.4 Å². The third-order valence-corrected chi connectivity index (χ3v) is 7.50. The number of para-hydroxylation sites is 1. The van der Waals surface area contributed by atoms with Crippen LogP contribution in [0.5, 0.6) is 11.5 Å². The molecule has 2 heterocycles. The van der Waals surface area contributed by atoms with Crippen molar-refractivity contribution in [3.63, 3.8) is 0 Å². The maximum absolute atomic E-state index is 12.7. The number of sulfonamides is 1. The number of hydrogen-bond acceptors (Lipinski definition) is 6. The number of nitrogens with zero attached hydrogens (tertiary/aromatic N) is 2. The molecule has 30 heavy (non-hydrogen) atoms. The molecule has 0 aliphatic carbocycles. The fourth-order valence-corrected chi connectivity index (χ4v) is 5.37. The second kappa shape index (κ2) is 9.16. The Morgan fingerprint density at radius 3 is 2.73 bits per heavy atom. The zero-order chi connectivity index (χ0) is 21.0. The first-order valence-electron chi connectivity index (χ1n) is 9.99. The minimum atomic E-state index is -3.57. The number of aryl methyl sites for hydroxylation is 1. The van der Waals surface area contributed by atoms with Crippen LogP contribution in [-0.2, 0) is 10.0 Å². The number of aromatic nitrogens is 1. The highest BCUT2D eigenvalue weighted by molar-refractivity contribution is 7.89. The molecule has 0 radical (unpaired) electrons. The van der Waals surface area contributed by atoms with Crippen molar-refractivity contribution in [1.82, 2.24) is 9.71 Å². The number of ether oxygens (including phenoxy) is 1. The molecule has 0 saturated carbocycles. The van der Waals surface area contributed by atoms with Crippen LogP contribution in [-0.4, -0.2) is 33.0 Å². The summed E-state index contributed by atoms with van der Waals surface area (Å²) >= 11 is 1.62. The van der Waals surface area contributed by atoms with Gasteiger partial charge in [-0.25, -0.2) is 18.1 Å². The number of thiazole rings is 1. The molecular formula is C22H25N3O3S2. The molecule has 0 spiro atoms. The number of hydrogen-bond donors (Lipinski definition) is 1. The summed E-state index contributed by atoms with van der Waals surface area (Å²) in [5, 5.41) is 2.97. The second-order valence-corrected chi connectivity index (χ2v) is 10.1. The lowest BCUT2D eigenvalue weighted by Gasteiger charge is -2.32. The van der Waals surface area contributed by atoms with Crippen LogP contribution >= 0.6 is 11.3 Å². The predicted molar refractivity (Wildman–Crippen MR) is 120 cm³/mol. The third-order valence-electron chi connectivity index (χ3n) is 5.23. The van der Waals surface area contributed by atoms with E-state index in [0.717, 1.165) is 42.4 Å². The van der Waals surface area contributed by atoms with Gasteiger partial charge in [-0.3, -0.25) is 0 Å². The van der Waals surface area contributed by atoms with Crippen LogP contribution in [0.3, 0.4) is 0 Å². The number of benzene rings is 2. The third kappa shape index (κ3) is 5.00. The topological polar surface area (TPSA) is 71.5 Å².